The Morgan fingerprint density at radius 1 is 1.09 bits per heavy atom. The van der Waals surface area contributed by atoms with Crippen molar-refractivity contribution in [3.8, 4) is 5.75 Å². The van der Waals surface area contributed by atoms with Crippen molar-refractivity contribution in [3.63, 3.8) is 0 Å². The Kier molecular flexibility index (Phi) is 9.32. The first-order chi connectivity index (χ1) is 15.4. The molecule has 2 atom stereocenters. The van der Waals surface area contributed by atoms with Gasteiger partial charge in [-0.15, -0.1) is 0 Å². The average molecular weight is 478 g/mol. The van der Waals surface area contributed by atoms with Gasteiger partial charge in [0.1, 0.15) is 5.75 Å². The molecule has 1 aliphatic heterocycles. The third kappa shape index (κ3) is 6.65. The molecule has 2 unspecified atom stereocenters. The van der Waals surface area contributed by atoms with Crippen LogP contribution in [0.5, 0.6) is 5.75 Å². The summed E-state index contributed by atoms with van der Waals surface area (Å²) in [6.45, 7) is 9.13. The Morgan fingerprint density at radius 3 is 2.38 bits per heavy atom. The maximum atomic E-state index is 13.6. The highest BCUT2D eigenvalue weighted by atomic mass is 32.2. The highest BCUT2D eigenvalue weighted by molar-refractivity contribution is 7.86. The molecule has 32 heavy (non-hydrogen) atoms. The van der Waals surface area contributed by atoms with Crippen LogP contribution < -0.4 is 9.04 Å². The second-order valence-corrected chi connectivity index (χ2v) is 11.4. The van der Waals surface area contributed by atoms with Gasteiger partial charge in [0.05, 0.1) is 27.2 Å². The second-order valence-electron chi connectivity index (χ2n) is 8.65. The first-order valence-electron chi connectivity index (χ1n) is 11.4. The summed E-state index contributed by atoms with van der Waals surface area (Å²) >= 11 is 0. The summed E-state index contributed by atoms with van der Waals surface area (Å²) in [5, 5.41) is 0. The van der Waals surface area contributed by atoms with Crippen LogP contribution in [-0.4, -0.2) is 41.0 Å². The molecule has 0 aliphatic carbocycles. The van der Waals surface area contributed by atoms with E-state index in [0.717, 1.165) is 38.2 Å². The van der Waals surface area contributed by atoms with Gasteiger partial charge in [0.2, 0.25) is 0 Å². The standard InChI is InChI=1S/C25H35NO4S2/c1-5-20-6-8-22(9-7-20)26(17-19(2)3)32(28)23-10-11-24(25(16-23)31(4)27)30-18-21-12-14-29-15-13-21/h6-11,16,19,21H,5,12-15,17-18H2,1-4H3. The van der Waals surface area contributed by atoms with E-state index in [2.05, 4.69) is 32.9 Å². The lowest BCUT2D eigenvalue weighted by Crippen LogP contribution is -2.30. The van der Waals surface area contributed by atoms with E-state index in [0.29, 0.717) is 40.5 Å². The zero-order valence-electron chi connectivity index (χ0n) is 19.5. The minimum absolute atomic E-state index is 0.339. The number of nitrogens with zero attached hydrogens (tertiary/aromatic N) is 1. The fourth-order valence-electron chi connectivity index (χ4n) is 3.69. The van der Waals surface area contributed by atoms with Crippen LogP contribution in [-0.2, 0) is 32.9 Å². The summed E-state index contributed by atoms with van der Waals surface area (Å²) in [5.74, 6) is 1.40. The molecule has 0 spiro atoms. The molecule has 176 valence electrons. The summed E-state index contributed by atoms with van der Waals surface area (Å²) in [4.78, 5) is 1.22. The highest BCUT2D eigenvalue weighted by Gasteiger charge is 2.21. The van der Waals surface area contributed by atoms with Gasteiger partial charge < -0.3 is 9.47 Å². The van der Waals surface area contributed by atoms with Crippen molar-refractivity contribution >= 4 is 27.5 Å². The molecule has 0 saturated carbocycles. The maximum Gasteiger partial charge on any atom is 0.152 e. The summed E-state index contributed by atoms with van der Waals surface area (Å²) in [6, 6.07) is 13.7. The average Bonchev–Trinajstić information content (AvgIpc) is 2.81. The molecule has 1 saturated heterocycles. The quantitative estimate of drug-likeness (QED) is 0.484. The minimum atomic E-state index is -1.42. The van der Waals surface area contributed by atoms with E-state index < -0.39 is 21.8 Å². The first-order valence-corrected chi connectivity index (χ1v) is 14.0. The van der Waals surface area contributed by atoms with Crippen LogP contribution in [0, 0.1) is 11.8 Å². The normalized spacial score (nSPS) is 16.7. The van der Waals surface area contributed by atoms with Crippen molar-refractivity contribution in [3.05, 3.63) is 48.0 Å². The zero-order valence-corrected chi connectivity index (χ0v) is 21.2. The van der Waals surface area contributed by atoms with Gasteiger partial charge in [-0.05, 0) is 67.0 Å². The molecular weight excluding hydrogens is 442 g/mol. The molecule has 1 fully saturated rings. The largest absolute Gasteiger partial charge is 0.492 e. The van der Waals surface area contributed by atoms with Crippen LogP contribution in [0.4, 0.5) is 5.69 Å². The lowest BCUT2D eigenvalue weighted by atomic mass is 10.0. The third-order valence-corrected chi connectivity index (χ3v) is 7.96. The Hall–Kier alpha value is -1.70. The van der Waals surface area contributed by atoms with Crippen LogP contribution in [0.3, 0.4) is 0 Å². The van der Waals surface area contributed by atoms with Gasteiger partial charge in [-0.3, -0.25) is 8.51 Å². The maximum absolute atomic E-state index is 13.6. The van der Waals surface area contributed by atoms with E-state index in [1.807, 2.05) is 28.6 Å². The predicted molar refractivity (Wildman–Crippen MR) is 132 cm³/mol. The van der Waals surface area contributed by atoms with Gasteiger partial charge in [-0.2, -0.15) is 0 Å². The van der Waals surface area contributed by atoms with Crippen molar-refractivity contribution in [2.24, 2.45) is 11.8 Å². The minimum Gasteiger partial charge on any atom is -0.492 e. The van der Waals surface area contributed by atoms with Crippen molar-refractivity contribution < 1.29 is 17.9 Å². The number of rotatable bonds is 10. The summed E-state index contributed by atoms with van der Waals surface area (Å²) in [5.41, 5.74) is 2.17. The van der Waals surface area contributed by atoms with Crippen LogP contribution in [0.25, 0.3) is 0 Å². The molecular formula is C25H35NO4S2. The van der Waals surface area contributed by atoms with Gasteiger partial charge in [-0.1, -0.05) is 32.9 Å². The van der Waals surface area contributed by atoms with Crippen LogP contribution in [0.1, 0.15) is 39.2 Å². The summed E-state index contributed by atoms with van der Waals surface area (Å²) in [6.07, 6.45) is 4.56. The van der Waals surface area contributed by atoms with E-state index >= 15 is 0 Å². The number of ether oxygens (including phenoxy) is 2. The third-order valence-electron chi connectivity index (χ3n) is 5.61. The second kappa shape index (κ2) is 12.0. The number of benzene rings is 2. The molecule has 2 aromatic carbocycles. The fraction of sp³-hybridized carbons (Fsp3) is 0.520. The summed E-state index contributed by atoms with van der Waals surface area (Å²) in [7, 11) is -2.67. The van der Waals surface area contributed by atoms with Crippen molar-refractivity contribution in [1.82, 2.24) is 0 Å². The Morgan fingerprint density at radius 2 is 1.78 bits per heavy atom. The van der Waals surface area contributed by atoms with Gasteiger partial charge >= 0.3 is 0 Å². The molecule has 0 bridgehead atoms. The van der Waals surface area contributed by atoms with Gasteiger partial charge in [0.25, 0.3) is 0 Å². The molecule has 0 radical (unpaired) electrons. The molecule has 1 heterocycles. The SMILES string of the molecule is CCc1ccc(N(CC(C)C)S(=O)c2ccc(OCC3CCOCC3)c(S(C)=O)c2)cc1. The van der Waals surface area contributed by atoms with Crippen LogP contribution in [0.2, 0.25) is 0 Å². The van der Waals surface area contributed by atoms with E-state index in [1.54, 1.807) is 12.3 Å². The monoisotopic (exact) mass is 477 g/mol. The van der Waals surface area contributed by atoms with E-state index in [9.17, 15) is 8.42 Å². The fourth-order valence-corrected chi connectivity index (χ4v) is 5.87. The number of hydrogen-bond donors (Lipinski definition) is 0. The Balaban J connectivity index is 1.83. The van der Waals surface area contributed by atoms with Gasteiger partial charge in [0, 0.05) is 31.7 Å². The Bertz CT molecular complexity index is 924. The van der Waals surface area contributed by atoms with Crippen LogP contribution in [0.15, 0.2) is 52.3 Å². The zero-order chi connectivity index (χ0) is 23.1. The smallest absolute Gasteiger partial charge is 0.152 e. The Labute approximate surface area is 197 Å². The molecule has 2 aromatic rings. The van der Waals surface area contributed by atoms with E-state index in [1.165, 1.54) is 5.56 Å². The van der Waals surface area contributed by atoms with E-state index in [-0.39, 0.29) is 0 Å². The number of anilines is 1. The predicted octanol–water partition coefficient (Wildman–Crippen LogP) is 4.98. The number of aryl methyl sites for hydroxylation is 1. The topological polar surface area (TPSA) is 55.8 Å². The first kappa shape index (κ1) is 24.9. The molecule has 0 amide bonds. The lowest BCUT2D eigenvalue weighted by molar-refractivity contribution is 0.0493. The number of hydrogen-bond acceptors (Lipinski definition) is 4. The molecule has 5 nitrogen and oxygen atoms in total. The molecule has 7 heteroatoms. The lowest BCUT2D eigenvalue weighted by Gasteiger charge is -2.26. The van der Waals surface area contributed by atoms with E-state index in [4.69, 9.17) is 9.47 Å². The van der Waals surface area contributed by atoms with Crippen LogP contribution >= 0.6 is 0 Å². The molecule has 1 aliphatic rings. The molecule has 3 rings (SSSR count). The van der Waals surface area contributed by atoms with Crippen molar-refractivity contribution in [2.75, 3.05) is 36.9 Å². The van der Waals surface area contributed by atoms with Crippen molar-refractivity contribution in [2.45, 2.75) is 49.8 Å². The van der Waals surface area contributed by atoms with Gasteiger partial charge in [0.15, 0.2) is 11.0 Å². The summed E-state index contributed by atoms with van der Waals surface area (Å²) < 4.78 is 39.5. The van der Waals surface area contributed by atoms with Gasteiger partial charge in [-0.25, -0.2) is 4.21 Å². The highest BCUT2D eigenvalue weighted by Crippen LogP contribution is 2.29. The molecule has 0 N–H and O–H groups in total. The molecule has 0 aromatic heterocycles. The van der Waals surface area contributed by atoms with Crippen molar-refractivity contribution in [1.29, 1.82) is 0 Å².